The molecule has 162 valence electrons. The molecule has 0 N–H and O–H groups in total. The number of carbonyl (C=O) groups excluding carboxylic acids is 1. The maximum Gasteiger partial charge on any atom is 0.247 e. The Morgan fingerprint density at radius 1 is 1.16 bits per heavy atom. The first-order chi connectivity index (χ1) is 14.8. The van der Waals surface area contributed by atoms with Crippen LogP contribution in [-0.4, -0.2) is 36.8 Å². The summed E-state index contributed by atoms with van der Waals surface area (Å²) >= 11 is 12.1. The van der Waals surface area contributed by atoms with Crippen molar-refractivity contribution in [3.05, 3.63) is 76.4 Å². The Morgan fingerprint density at radius 2 is 2.00 bits per heavy atom. The van der Waals surface area contributed by atoms with E-state index in [1.807, 2.05) is 0 Å². The van der Waals surface area contributed by atoms with Gasteiger partial charge in [0.15, 0.2) is 9.84 Å². The number of amides is 1. The molecule has 1 aliphatic rings. The smallest absolute Gasteiger partial charge is 0.247 e. The Hall–Kier alpha value is -2.48. The summed E-state index contributed by atoms with van der Waals surface area (Å²) in [5.74, 6) is 1.33. The van der Waals surface area contributed by atoms with E-state index in [1.165, 1.54) is 17.2 Å². The number of halogens is 2. The molecule has 0 aliphatic carbocycles. The Balaban J connectivity index is 1.56. The van der Waals surface area contributed by atoms with Gasteiger partial charge in [-0.05, 0) is 55.0 Å². The van der Waals surface area contributed by atoms with Gasteiger partial charge in [0.2, 0.25) is 5.91 Å². The van der Waals surface area contributed by atoms with Gasteiger partial charge in [0.25, 0.3) is 0 Å². The molecule has 1 fully saturated rings. The van der Waals surface area contributed by atoms with Gasteiger partial charge in [0, 0.05) is 17.7 Å². The van der Waals surface area contributed by atoms with Crippen molar-refractivity contribution in [2.24, 2.45) is 0 Å². The summed E-state index contributed by atoms with van der Waals surface area (Å²) in [4.78, 5) is 14.5. The van der Waals surface area contributed by atoms with Gasteiger partial charge in [-0.15, -0.1) is 0 Å². The lowest BCUT2D eigenvalue weighted by atomic mass is 10.2. The summed E-state index contributed by atoms with van der Waals surface area (Å²) in [7, 11) is -3.17. The maximum atomic E-state index is 12.9. The monoisotopic (exact) mass is 479 g/mol. The molecule has 3 aromatic rings. The molecule has 0 bridgehead atoms. The fourth-order valence-corrected chi connectivity index (χ4v) is 5.51. The highest BCUT2D eigenvalue weighted by Gasteiger charge is 2.34. The molecule has 1 saturated heterocycles. The van der Waals surface area contributed by atoms with Gasteiger partial charge >= 0.3 is 0 Å². The predicted molar refractivity (Wildman–Crippen MR) is 120 cm³/mol. The van der Waals surface area contributed by atoms with Crippen LogP contribution in [0.4, 0.5) is 0 Å². The average molecular weight is 480 g/mol. The molecule has 1 atom stereocenters. The van der Waals surface area contributed by atoms with Gasteiger partial charge in [0.05, 0.1) is 34.4 Å². The van der Waals surface area contributed by atoms with Crippen molar-refractivity contribution in [1.29, 1.82) is 0 Å². The minimum absolute atomic E-state index is 0.0618. The van der Waals surface area contributed by atoms with Crippen molar-refractivity contribution in [2.75, 3.05) is 11.5 Å². The zero-order chi connectivity index (χ0) is 22.0. The number of sulfone groups is 1. The Bertz CT molecular complexity index is 1210. The summed E-state index contributed by atoms with van der Waals surface area (Å²) in [6.45, 7) is 0.142. The average Bonchev–Trinajstić information content (AvgIpc) is 3.47. The molecule has 0 saturated carbocycles. The molecule has 4 rings (SSSR count). The first kappa shape index (κ1) is 21.7. The summed E-state index contributed by atoms with van der Waals surface area (Å²) in [5.41, 5.74) is 0.750. The number of benzene rings is 1. The fourth-order valence-electron chi connectivity index (χ4n) is 3.48. The van der Waals surface area contributed by atoms with E-state index in [2.05, 4.69) is 0 Å². The lowest BCUT2D eigenvalue weighted by Crippen LogP contribution is -2.39. The first-order valence-electron chi connectivity index (χ1n) is 9.57. The molecule has 3 heterocycles. The number of rotatable bonds is 6. The molecule has 1 amide bonds. The van der Waals surface area contributed by atoms with Crippen molar-refractivity contribution < 1.29 is 22.0 Å². The minimum Gasteiger partial charge on any atom is -0.465 e. The second kappa shape index (κ2) is 8.94. The van der Waals surface area contributed by atoms with Crippen LogP contribution in [-0.2, 0) is 21.2 Å². The molecular weight excluding hydrogens is 461 g/mol. The first-order valence-corrected chi connectivity index (χ1v) is 12.2. The van der Waals surface area contributed by atoms with E-state index in [1.54, 1.807) is 48.5 Å². The molecule has 2 aromatic heterocycles. The fraction of sp³-hybridized carbons (Fsp3) is 0.227. The normalized spacial score (nSPS) is 17.9. The van der Waals surface area contributed by atoms with Crippen LogP contribution < -0.4 is 0 Å². The quantitative estimate of drug-likeness (QED) is 0.460. The topological polar surface area (TPSA) is 80.7 Å². The van der Waals surface area contributed by atoms with Gasteiger partial charge in [-0.2, -0.15) is 0 Å². The SMILES string of the molecule is O=C(/C=C/c1ccco1)N(Cc1ccc(-c2ccc(Cl)c(Cl)c2)o1)[C@H]1CCS(=O)(=O)C1. The van der Waals surface area contributed by atoms with Crippen LogP contribution in [0.3, 0.4) is 0 Å². The van der Waals surface area contributed by atoms with Gasteiger partial charge in [-0.1, -0.05) is 23.2 Å². The van der Waals surface area contributed by atoms with Crippen molar-refractivity contribution in [3.63, 3.8) is 0 Å². The van der Waals surface area contributed by atoms with E-state index >= 15 is 0 Å². The van der Waals surface area contributed by atoms with Gasteiger partial charge in [-0.25, -0.2) is 8.42 Å². The zero-order valence-corrected chi connectivity index (χ0v) is 18.7. The van der Waals surface area contributed by atoms with Crippen LogP contribution in [0.1, 0.15) is 17.9 Å². The van der Waals surface area contributed by atoms with Crippen LogP contribution in [0.25, 0.3) is 17.4 Å². The molecule has 0 spiro atoms. The summed E-state index contributed by atoms with van der Waals surface area (Å²) in [6.07, 6.45) is 4.84. The van der Waals surface area contributed by atoms with Crippen LogP contribution in [0.5, 0.6) is 0 Å². The van der Waals surface area contributed by atoms with Gasteiger partial charge in [-0.3, -0.25) is 4.79 Å². The molecule has 1 aliphatic heterocycles. The van der Waals surface area contributed by atoms with Gasteiger partial charge in [0.1, 0.15) is 17.3 Å². The summed E-state index contributed by atoms with van der Waals surface area (Å²) in [6, 6.07) is 11.7. The molecule has 1 aromatic carbocycles. The van der Waals surface area contributed by atoms with Crippen LogP contribution in [0.15, 0.2) is 63.6 Å². The second-order valence-corrected chi connectivity index (χ2v) is 10.3. The van der Waals surface area contributed by atoms with Crippen molar-refractivity contribution >= 4 is 45.0 Å². The summed E-state index contributed by atoms with van der Waals surface area (Å²) < 4.78 is 35.1. The van der Waals surface area contributed by atoms with E-state index < -0.39 is 15.9 Å². The van der Waals surface area contributed by atoms with E-state index in [4.69, 9.17) is 32.0 Å². The minimum atomic E-state index is -3.17. The van der Waals surface area contributed by atoms with E-state index in [9.17, 15) is 13.2 Å². The zero-order valence-electron chi connectivity index (χ0n) is 16.3. The van der Waals surface area contributed by atoms with E-state index in [0.717, 1.165) is 5.56 Å². The third-order valence-electron chi connectivity index (χ3n) is 5.06. The molecule has 9 heteroatoms. The highest BCUT2D eigenvalue weighted by atomic mass is 35.5. The molecule has 31 heavy (non-hydrogen) atoms. The standard InChI is InChI=1S/C22H19Cl2NO5S/c23-19-6-3-15(12-20(19)24)21-7-4-18(30-21)13-25(16-9-11-31(27,28)14-16)22(26)8-5-17-2-1-10-29-17/h1-8,10,12,16H,9,11,13-14H2/b8-5+/t16-/m0/s1. The van der Waals surface area contributed by atoms with Crippen LogP contribution in [0, 0.1) is 0 Å². The van der Waals surface area contributed by atoms with Crippen LogP contribution in [0.2, 0.25) is 10.0 Å². The highest BCUT2D eigenvalue weighted by molar-refractivity contribution is 7.91. The highest BCUT2D eigenvalue weighted by Crippen LogP contribution is 2.30. The Kier molecular flexibility index (Phi) is 6.27. The number of hydrogen-bond acceptors (Lipinski definition) is 5. The number of hydrogen-bond donors (Lipinski definition) is 0. The number of furan rings is 2. The van der Waals surface area contributed by atoms with Crippen molar-refractivity contribution in [1.82, 2.24) is 4.90 Å². The predicted octanol–water partition coefficient (Wildman–Crippen LogP) is 5.08. The molecule has 0 unspecified atom stereocenters. The largest absolute Gasteiger partial charge is 0.465 e. The van der Waals surface area contributed by atoms with Crippen molar-refractivity contribution in [3.8, 4) is 11.3 Å². The maximum absolute atomic E-state index is 12.9. The van der Waals surface area contributed by atoms with E-state index in [0.29, 0.717) is 33.7 Å². The Labute approximate surface area is 190 Å². The molecule has 0 radical (unpaired) electrons. The van der Waals surface area contributed by atoms with Gasteiger partial charge < -0.3 is 13.7 Å². The lowest BCUT2D eigenvalue weighted by Gasteiger charge is -2.26. The third kappa shape index (κ3) is 5.23. The number of carbonyl (C=O) groups is 1. The Morgan fingerprint density at radius 3 is 2.68 bits per heavy atom. The molecular formula is C22H19Cl2NO5S. The second-order valence-electron chi connectivity index (χ2n) is 7.27. The molecule has 6 nitrogen and oxygen atoms in total. The van der Waals surface area contributed by atoms with Crippen LogP contribution >= 0.6 is 23.2 Å². The number of nitrogens with zero attached hydrogens (tertiary/aromatic N) is 1. The summed E-state index contributed by atoms with van der Waals surface area (Å²) in [5, 5.41) is 0.855. The third-order valence-corrected chi connectivity index (χ3v) is 7.55. The van der Waals surface area contributed by atoms with Crippen molar-refractivity contribution in [2.45, 2.75) is 19.0 Å². The lowest BCUT2D eigenvalue weighted by molar-refractivity contribution is -0.128. The van der Waals surface area contributed by atoms with E-state index in [-0.39, 0.29) is 24.0 Å².